The lowest BCUT2D eigenvalue weighted by Crippen LogP contribution is -2.35. The van der Waals surface area contributed by atoms with Crippen molar-refractivity contribution in [2.75, 3.05) is 0 Å². The van der Waals surface area contributed by atoms with Crippen molar-refractivity contribution in [2.45, 2.75) is 52.2 Å². The summed E-state index contributed by atoms with van der Waals surface area (Å²) in [7, 11) is 0. The van der Waals surface area contributed by atoms with E-state index in [4.69, 9.17) is 11.2 Å². The van der Waals surface area contributed by atoms with E-state index in [0.29, 0.717) is 12.8 Å². The molecule has 0 aromatic heterocycles. The van der Waals surface area contributed by atoms with Gasteiger partial charge in [-0.2, -0.15) is 0 Å². The number of hydrogen-bond donors (Lipinski definition) is 1. The van der Waals surface area contributed by atoms with E-state index in [1.165, 1.54) is 0 Å². The Bertz CT molecular complexity index is 245. The minimum Gasteiger partial charge on any atom is -0.458 e. The predicted molar refractivity (Wildman–Crippen MR) is 59.1 cm³/mol. The van der Waals surface area contributed by atoms with Crippen LogP contribution in [0, 0.1) is 18.3 Å². The van der Waals surface area contributed by atoms with Crippen LogP contribution in [-0.4, -0.2) is 22.8 Å². The van der Waals surface area contributed by atoms with E-state index in [1.54, 1.807) is 27.7 Å². The fraction of sp³-hybridized carbons (Fsp3) is 0.750. The number of hydrogen-bond acceptors (Lipinski definition) is 3. The zero-order valence-corrected chi connectivity index (χ0v) is 9.91. The van der Waals surface area contributed by atoms with Crippen molar-refractivity contribution >= 4 is 5.97 Å². The molecule has 15 heavy (non-hydrogen) atoms. The molecule has 0 radical (unpaired) electrons. The number of esters is 1. The average Bonchev–Trinajstić information content (AvgIpc) is 2.10. The highest BCUT2D eigenvalue weighted by Crippen LogP contribution is 2.15. The second-order valence-electron chi connectivity index (χ2n) is 4.70. The highest BCUT2D eigenvalue weighted by atomic mass is 16.6. The third kappa shape index (κ3) is 6.14. The summed E-state index contributed by atoms with van der Waals surface area (Å²) in [5.41, 5.74) is -0.566. The third-order valence-corrected chi connectivity index (χ3v) is 1.93. The van der Waals surface area contributed by atoms with Gasteiger partial charge in [-0.25, -0.2) is 4.79 Å². The van der Waals surface area contributed by atoms with Crippen LogP contribution in [0.25, 0.3) is 0 Å². The molecule has 0 heterocycles. The normalized spacial score (nSPS) is 15.2. The van der Waals surface area contributed by atoms with Gasteiger partial charge in [-0.1, -0.05) is 6.92 Å². The lowest BCUT2D eigenvalue weighted by atomic mass is 9.99. The van der Waals surface area contributed by atoms with Crippen molar-refractivity contribution in [3.8, 4) is 12.3 Å². The number of rotatable bonds is 4. The zero-order valence-electron chi connectivity index (χ0n) is 9.91. The van der Waals surface area contributed by atoms with Crippen LogP contribution >= 0.6 is 0 Å². The van der Waals surface area contributed by atoms with Gasteiger partial charge in [-0.15, -0.1) is 12.3 Å². The first-order chi connectivity index (χ1) is 6.78. The standard InChI is InChI=1S/C12H20O3/c1-6-7-8-9(2)10(13)11(14)15-12(3,4)5/h1,9-10,13H,7-8H2,2-5H3/t9-,10+/m0/s1. The Labute approximate surface area is 91.8 Å². The molecule has 0 aliphatic rings. The largest absolute Gasteiger partial charge is 0.458 e. The number of terminal acetylenes is 1. The Morgan fingerprint density at radius 1 is 1.53 bits per heavy atom. The van der Waals surface area contributed by atoms with Gasteiger partial charge >= 0.3 is 5.97 Å². The Balaban J connectivity index is 4.15. The SMILES string of the molecule is C#CCC[C@H](C)[C@@H](O)C(=O)OC(C)(C)C. The summed E-state index contributed by atoms with van der Waals surface area (Å²) in [4.78, 5) is 11.4. The summed E-state index contributed by atoms with van der Waals surface area (Å²) in [6, 6.07) is 0. The average molecular weight is 212 g/mol. The molecule has 0 saturated heterocycles. The van der Waals surface area contributed by atoms with Crippen molar-refractivity contribution in [3.63, 3.8) is 0 Å². The Morgan fingerprint density at radius 2 is 2.07 bits per heavy atom. The maximum atomic E-state index is 11.4. The molecule has 0 unspecified atom stereocenters. The van der Waals surface area contributed by atoms with Gasteiger partial charge in [0.1, 0.15) is 5.60 Å². The topological polar surface area (TPSA) is 46.5 Å². The number of aliphatic hydroxyl groups is 1. The lowest BCUT2D eigenvalue weighted by Gasteiger charge is -2.24. The molecular formula is C12H20O3. The molecule has 0 aromatic carbocycles. The molecule has 0 fully saturated rings. The van der Waals surface area contributed by atoms with E-state index < -0.39 is 17.7 Å². The van der Waals surface area contributed by atoms with E-state index in [-0.39, 0.29) is 5.92 Å². The molecule has 0 saturated carbocycles. The van der Waals surface area contributed by atoms with Crippen molar-refractivity contribution in [1.29, 1.82) is 0 Å². The van der Waals surface area contributed by atoms with Gasteiger partial charge in [0.15, 0.2) is 6.10 Å². The van der Waals surface area contributed by atoms with Crippen LogP contribution in [0.3, 0.4) is 0 Å². The van der Waals surface area contributed by atoms with Crippen LogP contribution in [0.4, 0.5) is 0 Å². The molecule has 0 bridgehead atoms. The Kier molecular flexibility index (Phi) is 5.38. The first kappa shape index (κ1) is 14.0. The molecule has 0 aliphatic carbocycles. The van der Waals surface area contributed by atoms with Gasteiger partial charge in [-0.05, 0) is 33.1 Å². The summed E-state index contributed by atoms with van der Waals surface area (Å²) < 4.78 is 5.06. The number of carbonyl (C=O) groups is 1. The highest BCUT2D eigenvalue weighted by Gasteiger charge is 2.27. The van der Waals surface area contributed by atoms with Gasteiger partial charge < -0.3 is 9.84 Å². The molecule has 86 valence electrons. The van der Waals surface area contributed by atoms with Crippen LogP contribution in [0.15, 0.2) is 0 Å². The molecule has 0 amide bonds. The van der Waals surface area contributed by atoms with Crippen LogP contribution in [-0.2, 0) is 9.53 Å². The van der Waals surface area contributed by atoms with Gasteiger partial charge in [0.05, 0.1) is 0 Å². The number of ether oxygens (including phenoxy) is 1. The van der Waals surface area contributed by atoms with E-state index >= 15 is 0 Å². The predicted octanol–water partition coefficient (Wildman–Crippen LogP) is 1.74. The molecule has 3 heteroatoms. The van der Waals surface area contributed by atoms with Crippen LogP contribution in [0.1, 0.15) is 40.5 Å². The summed E-state index contributed by atoms with van der Waals surface area (Å²) in [5, 5.41) is 9.63. The molecular weight excluding hydrogens is 192 g/mol. The van der Waals surface area contributed by atoms with Crippen LogP contribution in [0.2, 0.25) is 0 Å². The van der Waals surface area contributed by atoms with Gasteiger partial charge in [0.2, 0.25) is 0 Å². The maximum Gasteiger partial charge on any atom is 0.335 e. The maximum absolute atomic E-state index is 11.4. The van der Waals surface area contributed by atoms with E-state index in [1.807, 2.05) is 0 Å². The van der Waals surface area contributed by atoms with Gasteiger partial charge in [0.25, 0.3) is 0 Å². The highest BCUT2D eigenvalue weighted by molar-refractivity contribution is 5.75. The third-order valence-electron chi connectivity index (χ3n) is 1.93. The quantitative estimate of drug-likeness (QED) is 0.570. The van der Waals surface area contributed by atoms with Crippen LogP contribution < -0.4 is 0 Å². The molecule has 0 spiro atoms. The molecule has 2 atom stereocenters. The summed E-state index contributed by atoms with van der Waals surface area (Å²) >= 11 is 0. The van der Waals surface area contributed by atoms with Gasteiger partial charge in [0, 0.05) is 6.42 Å². The van der Waals surface area contributed by atoms with E-state index in [9.17, 15) is 9.90 Å². The minimum absolute atomic E-state index is 0.170. The molecule has 1 N–H and O–H groups in total. The second kappa shape index (κ2) is 5.77. The fourth-order valence-electron chi connectivity index (χ4n) is 1.06. The lowest BCUT2D eigenvalue weighted by molar-refractivity contribution is -0.167. The summed E-state index contributed by atoms with van der Waals surface area (Å²) in [6.45, 7) is 7.09. The zero-order chi connectivity index (χ0) is 12.1. The van der Waals surface area contributed by atoms with Crippen molar-refractivity contribution in [2.24, 2.45) is 5.92 Å². The van der Waals surface area contributed by atoms with E-state index in [0.717, 1.165) is 0 Å². The monoisotopic (exact) mass is 212 g/mol. The first-order valence-electron chi connectivity index (χ1n) is 5.12. The minimum atomic E-state index is -1.09. The second-order valence-corrected chi connectivity index (χ2v) is 4.70. The van der Waals surface area contributed by atoms with Crippen molar-refractivity contribution < 1.29 is 14.6 Å². The summed E-state index contributed by atoms with van der Waals surface area (Å²) in [6.07, 6.45) is 5.20. The molecule has 3 nitrogen and oxygen atoms in total. The fourth-order valence-corrected chi connectivity index (χ4v) is 1.06. The first-order valence-corrected chi connectivity index (χ1v) is 5.12. The van der Waals surface area contributed by atoms with Crippen LogP contribution in [0.5, 0.6) is 0 Å². The number of aliphatic hydroxyl groups excluding tert-OH is 1. The van der Waals surface area contributed by atoms with E-state index in [2.05, 4.69) is 5.92 Å². The molecule has 0 aromatic rings. The number of carbonyl (C=O) groups excluding carboxylic acids is 1. The Morgan fingerprint density at radius 3 is 2.47 bits per heavy atom. The Hall–Kier alpha value is -1.01. The molecule has 0 aliphatic heterocycles. The van der Waals surface area contributed by atoms with Crippen molar-refractivity contribution in [1.82, 2.24) is 0 Å². The molecule has 0 rings (SSSR count). The van der Waals surface area contributed by atoms with Gasteiger partial charge in [-0.3, -0.25) is 0 Å². The smallest absolute Gasteiger partial charge is 0.335 e. The van der Waals surface area contributed by atoms with Crippen molar-refractivity contribution in [3.05, 3.63) is 0 Å². The summed E-state index contributed by atoms with van der Waals surface area (Å²) in [5.74, 6) is 1.73.